The van der Waals surface area contributed by atoms with E-state index in [0.717, 1.165) is 43.3 Å². The Kier molecular flexibility index (Phi) is 9.64. The predicted molar refractivity (Wildman–Crippen MR) is 156 cm³/mol. The number of hydrogen-bond donors (Lipinski definition) is 2. The summed E-state index contributed by atoms with van der Waals surface area (Å²) in [5.74, 6) is 1.41. The zero-order chi connectivity index (χ0) is 29.2. The van der Waals surface area contributed by atoms with Crippen LogP contribution in [0.3, 0.4) is 0 Å². The van der Waals surface area contributed by atoms with Crippen molar-refractivity contribution in [2.45, 2.75) is 111 Å². The van der Waals surface area contributed by atoms with Gasteiger partial charge in [0.1, 0.15) is 12.2 Å². The van der Waals surface area contributed by atoms with Crippen LogP contribution in [0, 0.1) is 28.6 Å². The first-order valence-electron chi connectivity index (χ1n) is 15.4. The largest absolute Gasteiger partial charge is 0.466 e. The Morgan fingerprint density at radius 1 is 1.12 bits per heavy atom. The zero-order valence-electron chi connectivity index (χ0n) is 25.2. The maximum absolute atomic E-state index is 12.9. The maximum atomic E-state index is 12.9. The SMILES string of the molecule is C=C1/C(=C\C=C2/CCC[C@]3(C)[C@@H](C(C)/C=C4\CCC(C)(C)C4=O)CC[C@@H]23)C[C@@H](O)[C@H](OCCC(=O)OCC)[C@@H]1O. The van der Waals surface area contributed by atoms with Crippen LogP contribution in [0.2, 0.25) is 0 Å². The van der Waals surface area contributed by atoms with E-state index in [4.69, 9.17) is 9.47 Å². The van der Waals surface area contributed by atoms with Crippen LogP contribution < -0.4 is 0 Å². The molecule has 6 heteroatoms. The molecule has 0 aromatic heterocycles. The van der Waals surface area contributed by atoms with Crippen LogP contribution in [0.1, 0.15) is 92.4 Å². The molecule has 0 radical (unpaired) electrons. The lowest BCUT2D eigenvalue weighted by atomic mass is 9.61. The molecule has 0 spiro atoms. The monoisotopic (exact) mass is 554 g/mol. The molecule has 4 fully saturated rings. The van der Waals surface area contributed by atoms with Gasteiger partial charge in [0.15, 0.2) is 5.78 Å². The summed E-state index contributed by atoms with van der Waals surface area (Å²) in [6.45, 7) is 15.2. The first-order chi connectivity index (χ1) is 18.9. The molecule has 6 nitrogen and oxygen atoms in total. The molecule has 4 saturated carbocycles. The van der Waals surface area contributed by atoms with Crippen molar-refractivity contribution in [1.82, 2.24) is 0 Å². The molecular weight excluding hydrogens is 504 g/mol. The number of hydrogen-bond acceptors (Lipinski definition) is 6. The zero-order valence-corrected chi connectivity index (χ0v) is 25.2. The van der Waals surface area contributed by atoms with Gasteiger partial charge in [-0.15, -0.1) is 0 Å². The number of Topliss-reactive ketones (excluding diaryl/α,β-unsaturated/α-hetero) is 1. The third-order valence-corrected chi connectivity index (χ3v) is 10.4. The van der Waals surface area contributed by atoms with Crippen LogP contribution in [-0.4, -0.2) is 53.5 Å². The van der Waals surface area contributed by atoms with E-state index in [1.54, 1.807) is 6.92 Å². The molecule has 0 heterocycles. The Hall–Kier alpha value is -2.02. The van der Waals surface area contributed by atoms with Gasteiger partial charge in [-0.1, -0.05) is 58.1 Å². The number of aliphatic hydroxyl groups is 2. The molecule has 0 saturated heterocycles. The number of rotatable bonds is 8. The van der Waals surface area contributed by atoms with Gasteiger partial charge in [-0.3, -0.25) is 9.59 Å². The summed E-state index contributed by atoms with van der Waals surface area (Å²) < 4.78 is 10.6. The standard InChI is InChI=1S/C34H50O6/c1-7-39-29(36)15-18-40-31-28(35)20-24(22(3)30(31)37)11-10-23-9-8-16-34(6)26(12-13-27(23)34)21(2)19-25-14-17-33(4,5)32(25)38/h10-11,19,21,26-28,30-31,35,37H,3,7-9,12-18,20H2,1-2,4-6H3/b23-10+,24-11-,25-19+/t21?,26-,27+,28-,30-,31+,34-/m1/s1. The van der Waals surface area contributed by atoms with Crippen molar-refractivity contribution in [3.63, 3.8) is 0 Å². The molecule has 40 heavy (non-hydrogen) atoms. The average Bonchev–Trinajstić information content (AvgIpc) is 3.38. The van der Waals surface area contributed by atoms with Gasteiger partial charge < -0.3 is 19.7 Å². The van der Waals surface area contributed by atoms with Crippen LogP contribution in [0.4, 0.5) is 0 Å². The molecule has 0 aliphatic heterocycles. The van der Waals surface area contributed by atoms with E-state index in [9.17, 15) is 19.8 Å². The number of esters is 1. The number of ketones is 1. The fourth-order valence-corrected chi connectivity index (χ4v) is 8.01. The highest BCUT2D eigenvalue weighted by Gasteiger charge is 2.50. The highest BCUT2D eigenvalue weighted by atomic mass is 16.5. The Labute approximate surface area is 240 Å². The number of allylic oxidation sites excluding steroid dienone is 5. The second-order valence-corrected chi connectivity index (χ2v) is 13.4. The van der Waals surface area contributed by atoms with Crippen LogP contribution in [0.15, 0.2) is 47.1 Å². The van der Waals surface area contributed by atoms with Crippen LogP contribution in [0.25, 0.3) is 0 Å². The summed E-state index contributed by atoms with van der Waals surface area (Å²) in [5.41, 5.74) is 3.89. The molecule has 0 aromatic rings. The van der Waals surface area contributed by atoms with E-state index in [1.807, 2.05) is 6.08 Å². The second-order valence-electron chi connectivity index (χ2n) is 13.4. The van der Waals surface area contributed by atoms with Gasteiger partial charge in [-0.2, -0.15) is 0 Å². The fraction of sp³-hybridized carbons (Fsp3) is 0.706. The maximum Gasteiger partial charge on any atom is 0.308 e. The summed E-state index contributed by atoms with van der Waals surface area (Å²) in [7, 11) is 0. The summed E-state index contributed by atoms with van der Waals surface area (Å²) in [6, 6.07) is 0. The quantitative estimate of drug-likeness (QED) is 0.281. The van der Waals surface area contributed by atoms with Gasteiger partial charge in [-0.25, -0.2) is 0 Å². The van der Waals surface area contributed by atoms with Gasteiger partial charge in [0.05, 0.1) is 25.7 Å². The molecule has 0 aromatic carbocycles. The molecule has 4 aliphatic rings. The minimum Gasteiger partial charge on any atom is -0.466 e. The number of fused-ring (bicyclic) bond motifs is 1. The molecule has 222 valence electrons. The number of carbonyl (C=O) groups is 2. The number of aliphatic hydroxyl groups excluding tert-OH is 2. The Morgan fingerprint density at radius 3 is 2.55 bits per heavy atom. The van der Waals surface area contributed by atoms with E-state index >= 15 is 0 Å². The smallest absolute Gasteiger partial charge is 0.308 e. The third kappa shape index (κ3) is 6.24. The lowest BCUT2D eigenvalue weighted by Crippen LogP contribution is -2.45. The minimum absolute atomic E-state index is 0.0796. The van der Waals surface area contributed by atoms with Crippen molar-refractivity contribution in [2.75, 3.05) is 13.2 Å². The topological polar surface area (TPSA) is 93.1 Å². The molecule has 4 aliphatic carbocycles. The van der Waals surface area contributed by atoms with Gasteiger partial charge >= 0.3 is 5.97 Å². The van der Waals surface area contributed by atoms with Crippen molar-refractivity contribution in [3.05, 3.63) is 47.1 Å². The van der Waals surface area contributed by atoms with Crippen molar-refractivity contribution in [1.29, 1.82) is 0 Å². The number of ether oxygens (including phenoxy) is 2. The fourth-order valence-electron chi connectivity index (χ4n) is 8.01. The second kappa shape index (κ2) is 12.5. The lowest BCUT2D eigenvalue weighted by Gasteiger charge is -2.44. The number of carbonyl (C=O) groups excluding carboxylic acids is 2. The molecule has 4 rings (SSSR count). The van der Waals surface area contributed by atoms with Gasteiger partial charge in [0.2, 0.25) is 0 Å². The van der Waals surface area contributed by atoms with Crippen molar-refractivity contribution >= 4 is 11.8 Å². The molecule has 2 N–H and O–H groups in total. The molecule has 0 amide bonds. The average molecular weight is 555 g/mol. The van der Waals surface area contributed by atoms with Crippen LogP contribution in [0.5, 0.6) is 0 Å². The van der Waals surface area contributed by atoms with Gasteiger partial charge in [0, 0.05) is 11.8 Å². The highest BCUT2D eigenvalue weighted by Crippen LogP contribution is 2.60. The molecule has 0 bridgehead atoms. The van der Waals surface area contributed by atoms with Crippen molar-refractivity contribution in [2.24, 2.45) is 28.6 Å². The van der Waals surface area contributed by atoms with Crippen LogP contribution in [-0.2, 0) is 19.1 Å². The van der Waals surface area contributed by atoms with Crippen molar-refractivity contribution in [3.8, 4) is 0 Å². The third-order valence-electron chi connectivity index (χ3n) is 10.4. The Balaban J connectivity index is 1.43. The Bertz CT molecular complexity index is 1080. The van der Waals surface area contributed by atoms with Gasteiger partial charge in [-0.05, 0) is 91.8 Å². The van der Waals surface area contributed by atoms with Crippen molar-refractivity contribution < 1.29 is 29.3 Å². The highest BCUT2D eigenvalue weighted by molar-refractivity contribution is 6.01. The lowest BCUT2D eigenvalue weighted by molar-refractivity contribution is -0.147. The first kappa shape index (κ1) is 30.9. The predicted octanol–water partition coefficient (Wildman–Crippen LogP) is 6.03. The summed E-state index contributed by atoms with van der Waals surface area (Å²) in [4.78, 5) is 24.5. The summed E-state index contributed by atoms with van der Waals surface area (Å²) in [6.07, 6.45) is 11.9. The molecule has 1 unspecified atom stereocenters. The Morgan fingerprint density at radius 2 is 1.88 bits per heavy atom. The normalized spacial score (nSPS) is 37.8. The molecular formula is C34H50O6. The van der Waals surface area contributed by atoms with Crippen LogP contribution >= 0.6 is 0 Å². The van der Waals surface area contributed by atoms with E-state index < -0.39 is 18.3 Å². The van der Waals surface area contributed by atoms with E-state index in [-0.39, 0.29) is 29.8 Å². The molecule has 7 atom stereocenters. The van der Waals surface area contributed by atoms with E-state index in [1.165, 1.54) is 18.4 Å². The summed E-state index contributed by atoms with van der Waals surface area (Å²) in [5, 5.41) is 21.6. The van der Waals surface area contributed by atoms with Gasteiger partial charge in [0.25, 0.3) is 0 Å². The summed E-state index contributed by atoms with van der Waals surface area (Å²) >= 11 is 0. The van der Waals surface area contributed by atoms with E-state index in [0.29, 0.717) is 42.1 Å². The first-order valence-corrected chi connectivity index (χ1v) is 15.4. The van der Waals surface area contributed by atoms with E-state index in [2.05, 4.69) is 46.4 Å². The minimum atomic E-state index is -1.03.